The first kappa shape index (κ1) is 24.4. The van der Waals surface area contributed by atoms with Gasteiger partial charge in [0.2, 0.25) is 0 Å². The van der Waals surface area contributed by atoms with Gasteiger partial charge in [0.15, 0.2) is 11.6 Å². The largest absolute Gasteiger partial charge is 0.478 e. The summed E-state index contributed by atoms with van der Waals surface area (Å²) in [6.07, 6.45) is 7.10. The molecule has 1 fully saturated rings. The lowest BCUT2D eigenvalue weighted by Crippen LogP contribution is -2.23. The second-order valence-electron chi connectivity index (χ2n) is 9.57. The molecular weight excluding hydrogens is 482 g/mol. The van der Waals surface area contributed by atoms with Crippen LogP contribution in [0.5, 0.6) is 0 Å². The summed E-state index contributed by atoms with van der Waals surface area (Å²) >= 11 is 6.13. The summed E-state index contributed by atoms with van der Waals surface area (Å²) in [5.74, 6) is -1.72. The Labute approximate surface area is 213 Å². The Bertz CT molecular complexity index is 1380. The van der Waals surface area contributed by atoms with E-state index in [0.717, 1.165) is 49.7 Å². The SMILES string of the molecule is O=C(O)c1ccc(CCC(C2CCCCC2)n2c(-c3ccc(Cl)cc3)nc3cc(F)c(F)cc32)cc1. The van der Waals surface area contributed by atoms with E-state index in [1.165, 1.54) is 18.6 Å². The van der Waals surface area contributed by atoms with Crippen molar-refractivity contribution in [1.82, 2.24) is 9.55 Å². The third kappa shape index (κ3) is 5.00. The molecule has 4 aromatic rings. The fraction of sp³-hybridized carbons (Fsp3) is 0.310. The molecule has 3 aromatic carbocycles. The van der Waals surface area contributed by atoms with Crippen LogP contribution in [0.4, 0.5) is 8.78 Å². The highest BCUT2D eigenvalue weighted by molar-refractivity contribution is 6.30. The number of halogens is 3. The highest BCUT2D eigenvalue weighted by atomic mass is 35.5. The molecule has 7 heteroatoms. The average molecular weight is 509 g/mol. The first-order valence-corrected chi connectivity index (χ1v) is 12.7. The maximum Gasteiger partial charge on any atom is 0.335 e. The van der Waals surface area contributed by atoms with Gasteiger partial charge >= 0.3 is 5.97 Å². The van der Waals surface area contributed by atoms with Crippen LogP contribution in [-0.4, -0.2) is 20.6 Å². The molecule has 0 aliphatic heterocycles. The predicted octanol–water partition coefficient (Wildman–Crippen LogP) is 8.09. The normalized spacial score (nSPS) is 15.3. The van der Waals surface area contributed by atoms with Crippen LogP contribution in [0.3, 0.4) is 0 Å². The van der Waals surface area contributed by atoms with Crippen molar-refractivity contribution in [2.75, 3.05) is 0 Å². The Balaban J connectivity index is 1.60. The van der Waals surface area contributed by atoms with Gasteiger partial charge < -0.3 is 9.67 Å². The fourth-order valence-corrected chi connectivity index (χ4v) is 5.58. The van der Waals surface area contributed by atoms with Gasteiger partial charge in [0.05, 0.1) is 16.6 Å². The van der Waals surface area contributed by atoms with Crippen LogP contribution in [0, 0.1) is 17.6 Å². The molecule has 36 heavy (non-hydrogen) atoms. The predicted molar refractivity (Wildman–Crippen MR) is 137 cm³/mol. The molecule has 5 rings (SSSR count). The van der Waals surface area contributed by atoms with E-state index in [2.05, 4.69) is 4.57 Å². The molecule has 0 amide bonds. The molecular formula is C29H27ClF2N2O2. The Morgan fingerprint density at radius 2 is 1.67 bits per heavy atom. The van der Waals surface area contributed by atoms with Gasteiger partial charge in [-0.15, -0.1) is 0 Å². The number of carboxylic acid groups (broad SMARTS) is 1. The molecule has 1 atom stereocenters. The van der Waals surface area contributed by atoms with Gasteiger partial charge in [-0.2, -0.15) is 0 Å². The first-order valence-electron chi connectivity index (χ1n) is 12.4. The van der Waals surface area contributed by atoms with E-state index in [1.807, 2.05) is 24.3 Å². The number of nitrogens with zero attached hydrogens (tertiary/aromatic N) is 2. The van der Waals surface area contributed by atoms with Gasteiger partial charge in [-0.1, -0.05) is 43.0 Å². The molecule has 1 N–H and O–H groups in total. The number of fused-ring (bicyclic) bond motifs is 1. The number of carboxylic acids is 1. The number of imidazole rings is 1. The first-order chi connectivity index (χ1) is 17.4. The van der Waals surface area contributed by atoms with E-state index < -0.39 is 17.6 Å². The van der Waals surface area contributed by atoms with Crippen molar-refractivity contribution in [2.45, 2.75) is 51.0 Å². The smallest absolute Gasteiger partial charge is 0.335 e. The summed E-state index contributed by atoms with van der Waals surface area (Å²) in [6.45, 7) is 0. The van der Waals surface area contributed by atoms with Gasteiger partial charge in [-0.05, 0) is 73.6 Å². The minimum atomic E-state index is -0.951. The number of aromatic nitrogens is 2. The summed E-state index contributed by atoms with van der Waals surface area (Å²) < 4.78 is 30.7. The summed E-state index contributed by atoms with van der Waals surface area (Å²) in [7, 11) is 0. The highest BCUT2D eigenvalue weighted by Crippen LogP contribution is 2.41. The topological polar surface area (TPSA) is 55.1 Å². The van der Waals surface area contributed by atoms with Crippen molar-refractivity contribution in [2.24, 2.45) is 5.92 Å². The van der Waals surface area contributed by atoms with Crippen LogP contribution in [0.2, 0.25) is 5.02 Å². The highest BCUT2D eigenvalue weighted by Gasteiger charge is 2.29. The summed E-state index contributed by atoms with van der Waals surface area (Å²) in [6, 6.07) is 16.7. The number of hydrogen-bond acceptors (Lipinski definition) is 2. The molecule has 1 aliphatic rings. The fourth-order valence-electron chi connectivity index (χ4n) is 5.45. The zero-order chi connectivity index (χ0) is 25.2. The molecule has 0 saturated heterocycles. The Hall–Kier alpha value is -3.25. The zero-order valence-corrected chi connectivity index (χ0v) is 20.5. The molecule has 1 heterocycles. The number of hydrogen-bond donors (Lipinski definition) is 1. The third-order valence-corrected chi connectivity index (χ3v) is 7.54. The van der Waals surface area contributed by atoms with E-state index in [4.69, 9.17) is 16.6 Å². The van der Waals surface area contributed by atoms with E-state index in [0.29, 0.717) is 27.8 Å². The van der Waals surface area contributed by atoms with Crippen LogP contribution in [0.1, 0.15) is 60.5 Å². The molecule has 1 unspecified atom stereocenters. The number of aryl methyl sites for hydroxylation is 1. The molecule has 1 aromatic heterocycles. The lowest BCUT2D eigenvalue weighted by Gasteiger charge is -2.33. The van der Waals surface area contributed by atoms with Crippen molar-refractivity contribution < 1.29 is 18.7 Å². The van der Waals surface area contributed by atoms with Gasteiger partial charge in [0, 0.05) is 28.8 Å². The van der Waals surface area contributed by atoms with Gasteiger partial charge in [-0.25, -0.2) is 18.6 Å². The summed E-state index contributed by atoms with van der Waals surface area (Å²) in [5, 5.41) is 9.82. The molecule has 1 aliphatic carbocycles. The Kier molecular flexibility index (Phi) is 7.06. The molecule has 4 nitrogen and oxygen atoms in total. The van der Waals surface area contributed by atoms with E-state index in [9.17, 15) is 18.7 Å². The van der Waals surface area contributed by atoms with Crippen LogP contribution >= 0.6 is 11.6 Å². The molecule has 1 saturated carbocycles. The van der Waals surface area contributed by atoms with Crippen molar-refractivity contribution in [3.63, 3.8) is 0 Å². The van der Waals surface area contributed by atoms with Gasteiger partial charge in [0.1, 0.15) is 5.82 Å². The Morgan fingerprint density at radius 3 is 2.33 bits per heavy atom. The minimum Gasteiger partial charge on any atom is -0.478 e. The van der Waals surface area contributed by atoms with Crippen LogP contribution in [0.25, 0.3) is 22.4 Å². The second kappa shape index (κ2) is 10.4. The van der Waals surface area contributed by atoms with Gasteiger partial charge in [0.25, 0.3) is 0 Å². The quantitative estimate of drug-likeness (QED) is 0.274. The zero-order valence-electron chi connectivity index (χ0n) is 19.8. The van der Waals surface area contributed by atoms with Gasteiger partial charge in [-0.3, -0.25) is 0 Å². The number of carbonyl (C=O) groups is 1. The minimum absolute atomic E-state index is 0.0185. The maximum atomic E-state index is 14.5. The van der Waals surface area contributed by atoms with E-state index in [1.54, 1.807) is 24.3 Å². The van der Waals surface area contributed by atoms with E-state index >= 15 is 0 Å². The summed E-state index contributed by atoms with van der Waals surface area (Å²) in [5.41, 5.74) is 3.13. The third-order valence-electron chi connectivity index (χ3n) is 7.29. The lowest BCUT2D eigenvalue weighted by molar-refractivity contribution is 0.0697. The molecule has 0 radical (unpaired) electrons. The standard InChI is InChI=1S/C29H27ClF2N2O2/c30-22-13-11-20(12-14-22)28-33-25-16-23(31)24(32)17-27(25)34(28)26(19-4-2-1-3-5-19)15-8-18-6-9-21(10-7-18)29(35)36/h6-7,9-14,16-17,19,26H,1-5,8,15H2,(H,35,36). The Morgan fingerprint density at radius 1 is 1.00 bits per heavy atom. The van der Waals surface area contributed by atoms with Crippen molar-refractivity contribution >= 4 is 28.6 Å². The summed E-state index contributed by atoms with van der Waals surface area (Å²) in [4.78, 5) is 16.0. The molecule has 186 valence electrons. The number of rotatable bonds is 7. The van der Waals surface area contributed by atoms with Crippen molar-refractivity contribution in [3.05, 3.63) is 88.4 Å². The van der Waals surface area contributed by atoms with Crippen LogP contribution in [0.15, 0.2) is 60.7 Å². The number of aromatic carboxylic acids is 1. The van der Waals surface area contributed by atoms with Crippen molar-refractivity contribution in [3.8, 4) is 11.4 Å². The van der Waals surface area contributed by atoms with Crippen LogP contribution < -0.4 is 0 Å². The number of benzene rings is 3. The van der Waals surface area contributed by atoms with Crippen molar-refractivity contribution in [1.29, 1.82) is 0 Å². The van der Waals surface area contributed by atoms with Crippen LogP contribution in [-0.2, 0) is 6.42 Å². The lowest BCUT2D eigenvalue weighted by atomic mass is 9.81. The second-order valence-corrected chi connectivity index (χ2v) is 10.0. The maximum absolute atomic E-state index is 14.5. The van der Waals surface area contributed by atoms with E-state index in [-0.39, 0.29) is 11.6 Å². The molecule has 0 spiro atoms. The average Bonchev–Trinajstić information content (AvgIpc) is 3.23. The monoisotopic (exact) mass is 508 g/mol. The molecule has 0 bridgehead atoms.